The molecule has 0 atom stereocenters. The molecule has 6 nitrogen and oxygen atoms in total. The molecule has 1 N–H and O–H groups in total. The number of amides is 1. The van der Waals surface area contributed by atoms with Crippen LogP contribution in [-0.4, -0.2) is 27.6 Å². The van der Waals surface area contributed by atoms with Crippen molar-refractivity contribution in [3.8, 4) is 17.0 Å². The van der Waals surface area contributed by atoms with Crippen LogP contribution >= 0.6 is 0 Å². The molecule has 2 heterocycles. The lowest BCUT2D eigenvalue weighted by Gasteiger charge is -2.14. The molecule has 2 aromatic carbocycles. The van der Waals surface area contributed by atoms with Crippen LogP contribution in [0.15, 0.2) is 66.7 Å². The number of ether oxygens (including phenoxy) is 1. The highest BCUT2D eigenvalue weighted by atomic mass is 16.5. The fourth-order valence-corrected chi connectivity index (χ4v) is 3.31. The Morgan fingerprint density at radius 2 is 1.81 bits per heavy atom. The minimum atomic E-state index is -0.228. The van der Waals surface area contributed by atoms with E-state index in [0.29, 0.717) is 17.9 Å². The van der Waals surface area contributed by atoms with Gasteiger partial charge in [0.15, 0.2) is 5.65 Å². The van der Waals surface area contributed by atoms with Crippen molar-refractivity contribution in [2.75, 3.05) is 7.11 Å². The van der Waals surface area contributed by atoms with Gasteiger partial charge in [-0.05, 0) is 23.8 Å². The summed E-state index contributed by atoms with van der Waals surface area (Å²) in [5.74, 6) is 0.509. The third-order valence-electron chi connectivity index (χ3n) is 5.09. The van der Waals surface area contributed by atoms with E-state index in [2.05, 4.69) is 31.1 Å². The summed E-state index contributed by atoms with van der Waals surface area (Å²) < 4.78 is 7.18. The molecule has 0 fully saturated rings. The van der Waals surface area contributed by atoms with Crippen LogP contribution in [-0.2, 0) is 12.0 Å². The molecule has 4 aromatic rings. The third-order valence-corrected chi connectivity index (χ3v) is 5.09. The number of nitrogens with one attached hydrogen (secondary N) is 1. The zero-order valence-corrected chi connectivity index (χ0v) is 18.2. The fourth-order valence-electron chi connectivity index (χ4n) is 3.31. The number of aromatic nitrogens is 3. The Hall–Kier alpha value is -3.67. The molecule has 0 spiro atoms. The zero-order valence-electron chi connectivity index (χ0n) is 18.2. The molecule has 6 heteroatoms. The fraction of sp³-hybridized carbons (Fsp3) is 0.240. The topological polar surface area (TPSA) is 68.5 Å². The Kier molecular flexibility index (Phi) is 5.46. The van der Waals surface area contributed by atoms with Crippen LogP contribution < -0.4 is 10.1 Å². The number of carbonyl (C=O) groups excluding carboxylic acids is 1. The van der Waals surface area contributed by atoms with E-state index < -0.39 is 0 Å². The number of rotatable bonds is 5. The van der Waals surface area contributed by atoms with Gasteiger partial charge in [-0.25, -0.2) is 9.50 Å². The molecule has 1 amide bonds. The molecule has 0 aliphatic carbocycles. The Labute approximate surface area is 181 Å². The van der Waals surface area contributed by atoms with Crippen molar-refractivity contribution in [1.82, 2.24) is 19.9 Å². The van der Waals surface area contributed by atoms with E-state index in [9.17, 15) is 4.79 Å². The van der Waals surface area contributed by atoms with Crippen molar-refractivity contribution in [3.63, 3.8) is 0 Å². The van der Waals surface area contributed by atoms with Gasteiger partial charge < -0.3 is 10.1 Å². The van der Waals surface area contributed by atoms with Crippen LogP contribution in [0.5, 0.6) is 5.75 Å². The van der Waals surface area contributed by atoms with Gasteiger partial charge in [0.25, 0.3) is 5.91 Å². The molecule has 0 saturated heterocycles. The van der Waals surface area contributed by atoms with E-state index >= 15 is 0 Å². The molecule has 0 unspecified atom stereocenters. The van der Waals surface area contributed by atoms with Crippen molar-refractivity contribution < 1.29 is 9.53 Å². The van der Waals surface area contributed by atoms with Gasteiger partial charge in [0.05, 0.1) is 18.5 Å². The number of hydrogen-bond acceptors (Lipinski definition) is 4. The Bertz CT molecular complexity index is 1220. The average molecular weight is 415 g/mol. The summed E-state index contributed by atoms with van der Waals surface area (Å²) in [5.41, 5.74) is 4.46. The van der Waals surface area contributed by atoms with Crippen LogP contribution in [0, 0.1) is 0 Å². The van der Waals surface area contributed by atoms with Crippen LogP contribution in [0.25, 0.3) is 16.9 Å². The molecule has 0 aliphatic heterocycles. The number of methoxy groups -OCH3 is 1. The van der Waals surface area contributed by atoms with Gasteiger partial charge in [0.1, 0.15) is 11.4 Å². The number of fused-ring (bicyclic) bond motifs is 1. The van der Waals surface area contributed by atoms with Crippen molar-refractivity contribution in [1.29, 1.82) is 0 Å². The first kappa shape index (κ1) is 20.6. The first-order valence-electron chi connectivity index (χ1n) is 10.2. The summed E-state index contributed by atoms with van der Waals surface area (Å²) in [4.78, 5) is 17.6. The molecule has 0 aliphatic rings. The monoisotopic (exact) mass is 414 g/mol. The maximum atomic E-state index is 12.9. The Balaban J connectivity index is 1.78. The van der Waals surface area contributed by atoms with Crippen molar-refractivity contribution in [2.24, 2.45) is 0 Å². The van der Waals surface area contributed by atoms with Crippen molar-refractivity contribution >= 4 is 11.6 Å². The predicted molar refractivity (Wildman–Crippen MR) is 121 cm³/mol. The van der Waals surface area contributed by atoms with E-state index in [0.717, 1.165) is 28.3 Å². The van der Waals surface area contributed by atoms with E-state index in [4.69, 9.17) is 9.84 Å². The first-order valence-corrected chi connectivity index (χ1v) is 10.2. The summed E-state index contributed by atoms with van der Waals surface area (Å²) in [6.07, 6.45) is 0. The summed E-state index contributed by atoms with van der Waals surface area (Å²) in [7, 11) is 1.63. The number of carbonyl (C=O) groups is 1. The second kappa shape index (κ2) is 8.22. The minimum absolute atomic E-state index is 0.144. The maximum absolute atomic E-state index is 12.9. The molecule has 31 heavy (non-hydrogen) atoms. The average Bonchev–Trinajstić information content (AvgIpc) is 3.22. The van der Waals surface area contributed by atoms with Gasteiger partial charge in [-0.2, -0.15) is 5.10 Å². The third kappa shape index (κ3) is 4.43. The Morgan fingerprint density at radius 3 is 2.52 bits per heavy atom. The summed E-state index contributed by atoms with van der Waals surface area (Å²) >= 11 is 0. The maximum Gasteiger partial charge on any atom is 0.270 e. The van der Waals surface area contributed by atoms with Crippen LogP contribution in [0.4, 0.5) is 0 Å². The van der Waals surface area contributed by atoms with E-state index in [1.807, 2.05) is 60.7 Å². The van der Waals surface area contributed by atoms with Crippen LogP contribution in [0.2, 0.25) is 0 Å². The molecule has 0 saturated carbocycles. The number of benzene rings is 2. The molecule has 158 valence electrons. The standard InChI is InChI=1S/C25H26N4O2/c1-25(2,3)22-15-23-27-20(24(30)26-16-17-9-6-5-7-10-17)14-21(29(23)28-22)18-11-8-12-19(13-18)31-4/h5-15H,16H2,1-4H3,(H,26,30). The predicted octanol–water partition coefficient (Wildman–Crippen LogP) is 4.63. The summed E-state index contributed by atoms with van der Waals surface area (Å²) in [5, 5.41) is 7.75. The van der Waals surface area contributed by atoms with E-state index in [-0.39, 0.29) is 11.3 Å². The van der Waals surface area contributed by atoms with E-state index in [1.165, 1.54) is 0 Å². The van der Waals surface area contributed by atoms with E-state index in [1.54, 1.807) is 17.7 Å². The lowest BCUT2D eigenvalue weighted by molar-refractivity contribution is 0.0946. The highest BCUT2D eigenvalue weighted by Gasteiger charge is 2.21. The first-order chi connectivity index (χ1) is 14.8. The second-order valence-electron chi connectivity index (χ2n) is 8.48. The van der Waals surface area contributed by atoms with Gasteiger partial charge in [-0.3, -0.25) is 4.79 Å². The van der Waals surface area contributed by atoms with Gasteiger partial charge in [-0.1, -0.05) is 63.2 Å². The molecule has 0 radical (unpaired) electrons. The molecular formula is C25H26N4O2. The number of nitrogens with zero attached hydrogens (tertiary/aromatic N) is 3. The van der Waals surface area contributed by atoms with Crippen molar-refractivity contribution in [3.05, 3.63) is 83.7 Å². The SMILES string of the molecule is COc1cccc(-c2cc(C(=O)NCc3ccccc3)nc3cc(C(C)(C)C)nn23)c1. The largest absolute Gasteiger partial charge is 0.497 e. The lowest BCUT2D eigenvalue weighted by Crippen LogP contribution is -2.24. The highest BCUT2D eigenvalue weighted by Crippen LogP contribution is 2.28. The summed E-state index contributed by atoms with van der Waals surface area (Å²) in [6.45, 7) is 6.75. The van der Waals surface area contributed by atoms with Gasteiger partial charge in [-0.15, -0.1) is 0 Å². The van der Waals surface area contributed by atoms with Crippen LogP contribution in [0.3, 0.4) is 0 Å². The zero-order chi connectivity index (χ0) is 22.0. The van der Waals surface area contributed by atoms with Gasteiger partial charge in [0.2, 0.25) is 0 Å². The van der Waals surface area contributed by atoms with Crippen LogP contribution in [0.1, 0.15) is 42.5 Å². The molecule has 4 rings (SSSR count). The summed E-state index contributed by atoms with van der Waals surface area (Å²) in [6, 6.07) is 21.2. The Morgan fingerprint density at radius 1 is 1.03 bits per heavy atom. The van der Waals surface area contributed by atoms with Crippen molar-refractivity contribution in [2.45, 2.75) is 32.7 Å². The van der Waals surface area contributed by atoms with Gasteiger partial charge >= 0.3 is 0 Å². The lowest BCUT2D eigenvalue weighted by atomic mass is 9.93. The molecule has 0 bridgehead atoms. The molecular weight excluding hydrogens is 388 g/mol. The second-order valence-corrected chi connectivity index (χ2v) is 8.48. The van der Waals surface area contributed by atoms with Gasteiger partial charge in [0, 0.05) is 23.6 Å². The highest BCUT2D eigenvalue weighted by molar-refractivity contribution is 5.94. The smallest absolute Gasteiger partial charge is 0.270 e. The minimum Gasteiger partial charge on any atom is -0.497 e. The molecule has 2 aromatic heterocycles. The number of hydrogen-bond donors (Lipinski definition) is 1. The normalized spacial score (nSPS) is 11.5. The quantitative estimate of drug-likeness (QED) is 0.517.